The number of nitrogens with zero attached hydrogens (tertiary/aromatic N) is 4. The summed E-state index contributed by atoms with van der Waals surface area (Å²) in [6.45, 7) is 2.89. The Labute approximate surface area is 182 Å². The third-order valence-corrected chi connectivity index (χ3v) is 7.20. The number of rotatable bonds is 7. The number of fused-ring (bicyclic) bond motifs is 1. The van der Waals surface area contributed by atoms with E-state index in [1.807, 2.05) is 30.3 Å². The van der Waals surface area contributed by atoms with Crippen molar-refractivity contribution in [1.29, 1.82) is 0 Å². The van der Waals surface area contributed by atoms with Crippen LogP contribution in [0.25, 0.3) is 10.2 Å². The molecule has 8 heteroatoms. The fraction of sp³-hybridized carbons (Fsp3) is 0.273. The summed E-state index contributed by atoms with van der Waals surface area (Å²) in [6, 6.07) is 18.4. The summed E-state index contributed by atoms with van der Waals surface area (Å²) in [4.78, 5) is 16.9. The highest BCUT2D eigenvalue weighted by Gasteiger charge is 2.43. The van der Waals surface area contributed by atoms with Crippen molar-refractivity contribution in [3.05, 3.63) is 66.0 Å². The third-order valence-electron chi connectivity index (χ3n) is 5.28. The van der Waals surface area contributed by atoms with Crippen LogP contribution in [0, 0.1) is 0 Å². The van der Waals surface area contributed by atoms with Gasteiger partial charge in [0.25, 0.3) is 0 Å². The van der Waals surface area contributed by atoms with Crippen molar-refractivity contribution in [3.63, 3.8) is 0 Å². The second-order valence-electron chi connectivity index (χ2n) is 7.27. The Hall–Kier alpha value is -2.71. The van der Waals surface area contributed by atoms with E-state index in [9.17, 15) is 4.79 Å². The monoisotopic (exact) mass is 435 g/mol. The molecule has 0 radical (unpaired) electrons. The van der Waals surface area contributed by atoms with E-state index in [0.29, 0.717) is 17.0 Å². The standard InChI is InChI=1S/C22H21N5OS2/c1-2-27-20(16-12-15(16)14-8-4-3-5-9-14)25-26-22(27)29-13-19(28)24-21-23-17-10-6-7-11-18(17)30-21/h3-11,15-16H,2,12-13H2,1H3,(H,23,24,28). The maximum Gasteiger partial charge on any atom is 0.236 e. The van der Waals surface area contributed by atoms with Crippen LogP contribution in [-0.4, -0.2) is 31.4 Å². The third kappa shape index (κ3) is 3.85. The van der Waals surface area contributed by atoms with Gasteiger partial charge < -0.3 is 9.88 Å². The molecule has 5 rings (SSSR count). The summed E-state index contributed by atoms with van der Waals surface area (Å²) in [6.07, 6.45) is 1.10. The number of amides is 1. The molecule has 1 amide bonds. The number of aromatic nitrogens is 4. The van der Waals surface area contributed by atoms with Gasteiger partial charge in [-0.15, -0.1) is 10.2 Å². The smallest absolute Gasteiger partial charge is 0.236 e. The van der Waals surface area contributed by atoms with E-state index in [2.05, 4.69) is 56.3 Å². The van der Waals surface area contributed by atoms with Crippen molar-refractivity contribution in [2.24, 2.45) is 0 Å². The van der Waals surface area contributed by atoms with Crippen molar-refractivity contribution in [2.45, 2.75) is 36.9 Å². The lowest BCUT2D eigenvalue weighted by Crippen LogP contribution is -2.14. The second kappa shape index (κ2) is 8.20. The molecule has 0 spiro atoms. The molecule has 1 fully saturated rings. The van der Waals surface area contributed by atoms with Crippen molar-refractivity contribution in [1.82, 2.24) is 19.7 Å². The molecule has 4 aromatic rings. The van der Waals surface area contributed by atoms with E-state index in [-0.39, 0.29) is 11.7 Å². The Kier molecular flexibility index (Phi) is 5.26. The van der Waals surface area contributed by atoms with Gasteiger partial charge in [0.15, 0.2) is 10.3 Å². The van der Waals surface area contributed by atoms with Crippen molar-refractivity contribution < 1.29 is 4.79 Å². The molecule has 2 aromatic heterocycles. The van der Waals surface area contributed by atoms with Gasteiger partial charge in [-0.25, -0.2) is 4.98 Å². The first-order valence-electron chi connectivity index (χ1n) is 9.99. The summed E-state index contributed by atoms with van der Waals surface area (Å²) in [5.74, 6) is 2.15. The maximum atomic E-state index is 12.4. The lowest BCUT2D eigenvalue weighted by Gasteiger charge is -2.07. The number of thiazole rings is 1. The summed E-state index contributed by atoms with van der Waals surface area (Å²) in [7, 11) is 0. The molecule has 1 aliphatic rings. The van der Waals surface area contributed by atoms with E-state index in [1.165, 1.54) is 28.7 Å². The molecule has 6 nitrogen and oxygen atoms in total. The fourth-order valence-corrected chi connectivity index (χ4v) is 5.43. The minimum Gasteiger partial charge on any atom is -0.306 e. The average Bonchev–Trinajstić information content (AvgIpc) is 3.29. The van der Waals surface area contributed by atoms with Crippen LogP contribution in [0.1, 0.15) is 36.6 Å². The normalized spacial score (nSPS) is 17.9. The van der Waals surface area contributed by atoms with Gasteiger partial charge in [-0.2, -0.15) is 0 Å². The lowest BCUT2D eigenvalue weighted by molar-refractivity contribution is -0.113. The average molecular weight is 436 g/mol. The molecule has 2 atom stereocenters. The van der Waals surface area contributed by atoms with Crippen molar-refractivity contribution in [3.8, 4) is 0 Å². The van der Waals surface area contributed by atoms with E-state index in [4.69, 9.17) is 0 Å². The van der Waals surface area contributed by atoms with Gasteiger partial charge in [-0.3, -0.25) is 4.79 Å². The molecular formula is C22H21N5OS2. The summed E-state index contributed by atoms with van der Waals surface area (Å²) in [5, 5.41) is 13.2. The quantitative estimate of drug-likeness (QED) is 0.418. The molecule has 1 N–H and O–H groups in total. The summed E-state index contributed by atoms with van der Waals surface area (Å²) < 4.78 is 3.21. The highest BCUT2D eigenvalue weighted by Crippen LogP contribution is 2.54. The van der Waals surface area contributed by atoms with Gasteiger partial charge in [-0.05, 0) is 37.0 Å². The molecule has 2 aromatic carbocycles. The number of carbonyl (C=O) groups is 1. The van der Waals surface area contributed by atoms with Gasteiger partial charge in [0.05, 0.1) is 16.0 Å². The first kappa shape index (κ1) is 19.3. The Balaban J connectivity index is 1.23. The van der Waals surface area contributed by atoms with Crippen LogP contribution in [0.4, 0.5) is 5.13 Å². The van der Waals surface area contributed by atoms with E-state index in [1.54, 1.807) is 0 Å². The molecule has 30 heavy (non-hydrogen) atoms. The number of hydrogen-bond acceptors (Lipinski definition) is 6. The predicted molar refractivity (Wildman–Crippen MR) is 121 cm³/mol. The van der Waals surface area contributed by atoms with Gasteiger partial charge in [-0.1, -0.05) is 65.6 Å². The predicted octanol–water partition coefficient (Wildman–Crippen LogP) is 4.91. The van der Waals surface area contributed by atoms with Gasteiger partial charge in [0.2, 0.25) is 5.91 Å². The highest BCUT2D eigenvalue weighted by molar-refractivity contribution is 7.99. The summed E-state index contributed by atoms with van der Waals surface area (Å²) in [5.41, 5.74) is 2.26. The zero-order valence-electron chi connectivity index (χ0n) is 16.5. The Morgan fingerprint density at radius 3 is 2.73 bits per heavy atom. The van der Waals surface area contributed by atoms with Gasteiger partial charge in [0.1, 0.15) is 5.82 Å². The topological polar surface area (TPSA) is 72.7 Å². The number of carbonyl (C=O) groups excluding carboxylic acids is 1. The van der Waals surface area contributed by atoms with Gasteiger partial charge >= 0.3 is 0 Å². The van der Waals surface area contributed by atoms with Crippen molar-refractivity contribution in [2.75, 3.05) is 11.1 Å². The van der Waals surface area contributed by atoms with Crippen LogP contribution in [0.5, 0.6) is 0 Å². The zero-order chi connectivity index (χ0) is 20.5. The van der Waals surface area contributed by atoms with Crippen LogP contribution < -0.4 is 5.32 Å². The molecule has 0 bridgehead atoms. The first-order chi connectivity index (χ1) is 14.7. The minimum absolute atomic E-state index is 0.0835. The Morgan fingerprint density at radius 1 is 1.13 bits per heavy atom. The number of hydrogen-bond donors (Lipinski definition) is 1. The maximum absolute atomic E-state index is 12.4. The van der Waals surface area contributed by atoms with Crippen LogP contribution in [0.15, 0.2) is 59.8 Å². The van der Waals surface area contributed by atoms with E-state index in [0.717, 1.165) is 34.2 Å². The Morgan fingerprint density at radius 2 is 1.93 bits per heavy atom. The number of thioether (sulfide) groups is 1. The van der Waals surface area contributed by atoms with E-state index >= 15 is 0 Å². The fourth-order valence-electron chi connectivity index (χ4n) is 3.74. The number of para-hydroxylation sites is 1. The largest absolute Gasteiger partial charge is 0.306 e. The molecule has 1 saturated carbocycles. The molecule has 2 unspecified atom stereocenters. The first-order valence-corrected chi connectivity index (χ1v) is 11.8. The van der Waals surface area contributed by atoms with Gasteiger partial charge in [0, 0.05) is 12.5 Å². The molecule has 1 aliphatic carbocycles. The molecule has 152 valence electrons. The number of benzene rings is 2. The van der Waals surface area contributed by atoms with E-state index < -0.39 is 0 Å². The summed E-state index contributed by atoms with van der Waals surface area (Å²) >= 11 is 2.91. The van der Waals surface area contributed by atoms with Crippen LogP contribution in [0.2, 0.25) is 0 Å². The van der Waals surface area contributed by atoms with Crippen LogP contribution in [-0.2, 0) is 11.3 Å². The van der Waals surface area contributed by atoms with Crippen LogP contribution in [0.3, 0.4) is 0 Å². The number of anilines is 1. The minimum atomic E-state index is -0.0835. The molecular weight excluding hydrogens is 414 g/mol. The Bertz CT molecular complexity index is 1150. The highest BCUT2D eigenvalue weighted by atomic mass is 32.2. The molecule has 0 aliphatic heterocycles. The molecule has 0 saturated heterocycles. The zero-order valence-corrected chi connectivity index (χ0v) is 18.1. The second-order valence-corrected chi connectivity index (χ2v) is 9.24. The lowest BCUT2D eigenvalue weighted by atomic mass is 10.1. The number of nitrogens with one attached hydrogen (secondary N) is 1. The SMILES string of the molecule is CCn1c(SCC(=O)Nc2nc3ccccc3s2)nnc1C1CC1c1ccccc1. The van der Waals surface area contributed by atoms with Crippen molar-refractivity contribution >= 4 is 44.4 Å². The molecule has 2 heterocycles. The van der Waals surface area contributed by atoms with Crippen LogP contribution >= 0.6 is 23.1 Å².